The van der Waals surface area contributed by atoms with Crippen LogP contribution < -0.4 is 5.32 Å². The fourth-order valence-corrected chi connectivity index (χ4v) is 2.35. The number of aromatic nitrogens is 2. The Morgan fingerprint density at radius 2 is 1.96 bits per heavy atom. The van der Waals surface area contributed by atoms with Crippen molar-refractivity contribution in [2.75, 3.05) is 0 Å². The Morgan fingerprint density at radius 3 is 2.54 bits per heavy atom. The number of hydrogen-bond donors (Lipinski definition) is 1. The molecule has 0 spiro atoms. The molecule has 2 rings (SSSR count). The van der Waals surface area contributed by atoms with Gasteiger partial charge < -0.3 is 9.15 Å². The zero-order valence-electron chi connectivity index (χ0n) is 14.9. The molecule has 1 aromatic rings. The van der Waals surface area contributed by atoms with Gasteiger partial charge in [-0.2, -0.15) is 0 Å². The number of hydrogen-bond acceptors (Lipinski definition) is 6. The number of nitrogens with zero attached hydrogens (tertiary/aromatic N) is 2. The number of carbonyl (C=O) groups is 1. The minimum Gasteiger partial charge on any atom is -0.444 e. The van der Waals surface area contributed by atoms with E-state index < -0.39 is 24.2 Å². The van der Waals surface area contributed by atoms with Gasteiger partial charge in [0, 0.05) is 18.0 Å². The van der Waals surface area contributed by atoms with Crippen molar-refractivity contribution in [2.45, 2.75) is 70.4 Å². The maximum atomic E-state index is 12.1. The van der Waals surface area contributed by atoms with Gasteiger partial charge in [0.15, 0.2) is 0 Å². The topological polar surface area (TPSA) is 86.5 Å². The summed E-state index contributed by atoms with van der Waals surface area (Å²) < 4.78 is 50.8. The van der Waals surface area contributed by atoms with Gasteiger partial charge >= 0.3 is 12.5 Å². The molecule has 0 aromatic carbocycles. The van der Waals surface area contributed by atoms with Crippen LogP contribution in [0.4, 0.5) is 18.0 Å². The van der Waals surface area contributed by atoms with Gasteiger partial charge in [-0.3, -0.25) is 10.1 Å². The number of alkyl carbamates (subject to hydrolysis) is 1. The van der Waals surface area contributed by atoms with Gasteiger partial charge in [0.1, 0.15) is 5.60 Å². The summed E-state index contributed by atoms with van der Waals surface area (Å²) in [6.45, 7) is 8.98. The summed E-state index contributed by atoms with van der Waals surface area (Å²) in [5.74, 6) is 0.395. The Morgan fingerprint density at radius 1 is 1.31 bits per heavy atom. The summed E-state index contributed by atoms with van der Waals surface area (Å²) in [6.07, 6.45) is -5.01. The van der Waals surface area contributed by atoms with Crippen molar-refractivity contribution in [3.05, 3.63) is 24.1 Å². The van der Waals surface area contributed by atoms with E-state index in [2.05, 4.69) is 26.8 Å². The van der Waals surface area contributed by atoms with Crippen LogP contribution >= 0.6 is 0 Å². The van der Waals surface area contributed by atoms with Crippen molar-refractivity contribution >= 4 is 6.09 Å². The van der Waals surface area contributed by atoms with Crippen LogP contribution in [-0.2, 0) is 15.9 Å². The van der Waals surface area contributed by atoms with Crippen LogP contribution in [0.3, 0.4) is 0 Å². The average Bonchev–Trinajstić information content (AvgIpc) is 2.85. The van der Waals surface area contributed by atoms with Crippen LogP contribution in [0.25, 0.3) is 0 Å². The van der Waals surface area contributed by atoms with Crippen LogP contribution in [0.15, 0.2) is 16.7 Å². The molecule has 1 N–H and O–H groups in total. The SMILES string of the molecule is C=C(CCc1nnc([C@H]2C[C@@H](OC(F)(F)F)C2)o1)NC(=O)OC(C)(C)C. The number of carbonyl (C=O) groups excluding carboxylic acids is 1. The number of amides is 1. The highest BCUT2D eigenvalue weighted by Gasteiger charge is 2.42. The molecular formula is C16H22F3N3O4. The smallest absolute Gasteiger partial charge is 0.444 e. The Kier molecular flexibility index (Phi) is 5.94. The normalized spacial score (nSPS) is 20.4. The minimum absolute atomic E-state index is 0.189. The molecule has 1 aromatic heterocycles. The molecule has 1 aliphatic rings. The van der Waals surface area contributed by atoms with E-state index in [1.165, 1.54) is 0 Å². The largest absolute Gasteiger partial charge is 0.522 e. The lowest BCUT2D eigenvalue weighted by Crippen LogP contribution is -2.34. The zero-order chi connectivity index (χ0) is 19.5. The summed E-state index contributed by atoms with van der Waals surface area (Å²) >= 11 is 0. The van der Waals surface area contributed by atoms with E-state index in [-0.39, 0.29) is 18.8 Å². The molecule has 7 nitrogen and oxygen atoms in total. The second-order valence-electron chi connectivity index (χ2n) is 7.12. The highest BCUT2D eigenvalue weighted by Crippen LogP contribution is 2.40. The van der Waals surface area contributed by atoms with E-state index in [4.69, 9.17) is 9.15 Å². The fraction of sp³-hybridized carbons (Fsp3) is 0.688. The first kappa shape index (κ1) is 20.2. The van der Waals surface area contributed by atoms with E-state index in [0.717, 1.165) is 0 Å². The molecule has 0 aliphatic heterocycles. The monoisotopic (exact) mass is 377 g/mol. The van der Waals surface area contributed by atoms with Crippen LogP contribution in [-0.4, -0.2) is 34.4 Å². The van der Waals surface area contributed by atoms with Crippen LogP contribution in [0.5, 0.6) is 0 Å². The van der Waals surface area contributed by atoms with E-state index in [0.29, 0.717) is 30.3 Å². The Labute approximate surface area is 148 Å². The van der Waals surface area contributed by atoms with Gasteiger partial charge in [-0.05, 0) is 40.0 Å². The number of aryl methyl sites for hydroxylation is 1. The summed E-state index contributed by atoms with van der Waals surface area (Å²) in [7, 11) is 0. The molecule has 0 unspecified atom stereocenters. The maximum absolute atomic E-state index is 12.1. The molecule has 1 saturated carbocycles. The lowest BCUT2D eigenvalue weighted by Gasteiger charge is -2.32. The molecular weight excluding hydrogens is 355 g/mol. The Balaban J connectivity index is 1.72. The van der Waals surface area contributed by atoms with Crippen LogP contribution in [0, 0.1) is 0 Å². The van der Waals surface area contributed by atoms with Gasteiger partial charge in [0.2, 0.25) is 11.8 Å². The van der Waals surface area contributed by atoms with Gasteiger partial charge in [0.05, 0.1) is 6.10 Å². The molecule has 0 atom stereocenters. The first-order valence-electron chi connectivity index (χ1n) is 8.16. The van der Waals surface area contributed by atoms with Crippen LogP contribution in [0.1, 0.15) is 57.7 Å². The van der Waals surface area contributed by atoms with Crippen molar-refractivity contribution in [3.63, 3.8) is 0 Å². The van der Waals surface area contributed by atoms with Crippen LogP contribution in [0.2, 0.25) is 0 Å². The second-order valence-corrected chi connectivity index (χ2v) is 7.12. The molecule has 146 valence electrons. The molecule has 10 heteroatoms. The highest BCUT2D eigenvalue weighted by molar-refractivity contribution is 5.69. The molecule has 0 saturated heterocycles. The van der Waals surface area contributed by atoms with Gasteiger partial charge in [-0.1, -0.05) is 6.58 Å². The molecule has 1 heterocycles. The van der Waals surface area contributed by atoms with Crippen molar-refractivity contribution in [3.8, 4) is 0 Å². The summed E-state index contributed by atoms with van der Waals surface area (Å²) in [5.41, 5.74) is -0.177. The zero-order valence-corrected chi connectivity index (χ0v) is 14.9. The lowest BCUT2D eigenvalue weighted by atomic mass is 9.82. The third kappa shape index (κ3) is 6.66. The number of ether oxygens (including phenoxy) is 2. The standard InChI is InChI=1S/C16H22F3N3O4/c1-9(20-14(23)26-15(2,3)4)5-6-12-21-22-13(24-12)10-7-11(8-10)25-16(17,18)19/h10-11H,1,5-8H2,2-4H3,(H,20,23)/t10-,11+. The maximum Gasteiger partial charge on any atom is 0.522 e. The second kappa shape index (κ2) is 7.65. The predicted octanol–water partition coefficient (Wildman–Crippen LogP) is 3.82. The molecule has 1 amide bonds. The number of halogens is 3. The van der Waals surface area contributed by atoms with E-state index in [1.807, 2.05) is 0 Å². The third-order valence-electron chi connectivity index (χ3n) is 3.55. The lowest BCUT2D eigenvalue weighted by molar-refractivity contribution is -0.352. The Bertz CT molecular complexity index is 646. The fourth-order valence-electron chi connectivity index (χ4n) is 2.35. The van der Waals surface area contributed by atoms with E-state index >= 15 is 0 Å². The molecule has 26 heavy (non-hydrogen) atoms. The van der Waals surface area contributed by atoms with Crippen molar-refractivity contribution in [2.24, 2.45) is 0 Å². The highest BCUT2D eigenvalue weighted by atomic mass is 19.4. The number of rotatable bonds is 6. The molecule has 1 fully saturated rings. The van der Waals surface area contributed by atoms with Gasteiger partial charge in [0.25, 0.3) is 0 Å². The van der Waals surface area contributed by atoms with Crippen molar-refractivity contribution < 1.29 is 31.9 Å². The summed E-state index contributed by atoms with van der Waals surface area (Å²) in [5, 5.41) is 10.2. The molecule has 0 bridgehead atoms. The minimum atomic E-state index is -4.63. The van der Waals surface area contributed by atoms with E-state index in [1.54, 1.807) is 20.8 Å². The summed E-state index contributed by atoms with van der Waals surface area (Å²) in [4.78, 5) is 11.6. The third-order valence-corrected chi connectivity index (χ3v) is 3.55. The average molecular weight is 377 g/mol. The molecule has 0 radical (unpaired) electrons. The quantitative estimate of drug-likeness (QED) is 0.811. The number of alkyl halides is 3. The van der Waals surface area contributed by atoms with Crippen molar-refractivity contribution in [1.29, 1.82) is 0 Å². The predicted molar refractivity (Wildman–Crippen MR) is 84.0 cm³/mol. The molecule has 1 aliphatic carbocycles. The first-order valence-corrected chi connectivity index (χ1v) is 8.16. The van der Waals surface area contributed by atoms with Gasteiger partial charge in [-0.25, -0.2) is 4.79 Å². The number of allylic oxidation sites excluding steroid dienone is 1. The van der Waals surface area contributed by atoms with E-state index in [9.17, 15) is 18.0 Å². The van der Waals surface area contributed by atoms with Crippen molar-refractivity contribution in [1.82, 2.24) is 15.5 Å². The van der Waals surface area contributed by atoms with Gasteiger partial charge in [-0.15, -0.1) is 23.4 Å². The number of nitrogens with one attached hydrogen (secondary N) is 1. The first-order chi connectivity index (χ1) is 11.9. The Hall–Kier alpha value is -2.10. The summed E-state index contributed by atoms with van der Waals surface area (Å²) in [6, 6.07) is 0.